The molecule has 0 aliphatic carbocycles. The van der Waals surface area contributed by atoms with E-state index >= 15 is 0 Å². The van der Waals surface area contributed by atoms with Crippen LogP contribution in [0.15, 0.2) is 21.9 Å². The van der Waals surface area contributed by atoms with Crippen molar-refractivity contribution >= 4 is 0 Å². The molecule has 3 heterocycles. The molecular weight excluding hydrogens is 268 g/mol. The molecule has 2 aliphatic heterocycles. The number of nitrogens with zero attached hydrogens (tertiary/aromatic N) is 1. The number of ether oxygens (including phenoxy) is 2. The van der Waals surface area contributed by atoms with Crippen LogP contribution in [-0.2, 0) is 9.47 Å². The molecule has 0 radical (unpaired) electrons. The van der Waals surface area contributed by atoms with Crippen molar-refractivity contribution in [2.24, 2.45) is 0 Å². The number of H-pyrrole nitrogens is 1. The van der Waals surface area contributed by atoms with E-state index in [1.807, 2.05) is 0 Å². The average molecular weight is 284 g/mol. The summed E-state index contributed by atoms with van der Waals surface area (Å²) in [5, 5.41) is 19.6. The minimum atomic E-state index is -1.06. The predicted molar refractivity (Wildman–Crippen MR) is 66.2 cm³/mol. The Balaban J connectivity index is 2.06. The van der Waals surface area contributed by atoms with Crippen molar-refractivity contribution in [2.75, 3.05) is 13.2 Å². The van der Waals surface area contributed by atoms with Crippen LogP contribution in [0.5, 0.6) is 0 Å². The molecule has 8 nitrogen and oxygen atoms in total. The van der Waals surface area contributed by atoms with Gasteiger partial charge in [0.15, 0.2) is 6.23 Å². The third kappa shape index (κ3) is 1.84. The summed E-state index contributed by atoms with van der Waals surface area (Å²) >= 11 is 0. The van der Waals surface area contributed by atoms with Crippen molar-refractivity contribution in [3.05, 3.63) is 33.1 Å². The first kappa shape index (κ1) is 13.5. The molecule has 0 bridgehead atoms. The average Bonchev–Trinajstić information content (AvgIpc) is 3.00. The normalized spacial score (nSPS) is 36.8. The van der Waals surface area contributed by atoms with Gasteiger partial charge in [0.1, 0.15) is 17.8 Å². The molecule has 2 saturated heterocycles. The first-order chi connectivity index (χ1) is 9.58. The van der Waals surface area contributed by atoms with Crippen LogP contribution in [0.3, 0.4) is 0 Å². The second-order valence-electron chi connectivity index (χ2n) is 5.08. The van der Waals surface area contributed by atoms with Crippen LogP contribution in [-0.4, -0.2) is 50.8 Å². The molecule has 1 aromatic heterocycles. The summed E-state index contributed by atoms with van der Waals surface area (Å²) in [6.45, 7) is 0.0774. The van der Waals surface area contributed by atoms with E-state index in [9.17, 15) is 19.8 Å². The lowest BCUT2D eigenvalue weighted by molar-refractivity contribution is -0.122. The second kappa shape index (κ2) is 4.81. The van der Waals surface area contributed by atoms with E-state index in [-0.39, 0.29) is 6.61 Å². The summed E-state index contributed by atoms with van der Waals surface area (Å²) in [5.41, 5.74) is -2.21. The maximum absolute atomic E-state index is 11.9. The van der Waals surface area contributed by atoms with Gasteiger partial charge >= 0.3 is 5.69 Å². The number of hydrogen-bond donors (Lipinski definition) is 3. The SMILES string of the molecule is O=c1ccn(C2OC(CO)[C@@H](O)[C@]23CCCO3)c(=O)[nH]1. The molecule has 20 heavy (non-hydrogen) atoms. The topological polar surface area (TPSA) is 114 Å². The van der Waals surface area contributed by atoms with Gasteiger partial charge in [0.2, 0.25) is 0 Å². The van der Waals surface area contributed by atoms with E-state index in [0.29, 0.717) is 13.0 Å². The highest BCUT2D eigenvalue weighted by Gasteiger charge is 2.59. The van der Waals surface area contributed by atoms with Gasteiger partial charge in [-0.2, -0.15) is 0 Å². The summed E-state index contributed by atoms with van der Waals surface area (Å²) in [5.74, 6) is 0. The van der Waals surface area contributed by atoms with Crippen molar-refractivity contribution < 1.29 is 19.7 Å². The van der Waals surface area contributed by atoms with Crippen molar-refractivity contribution in [3.63, 3.8) is 0 Å². The number of nitrogens with one attached hydrogen (secondary N) is 1. The Labute approximate surface area is 113 Å². The van der Waals surface area contributed by atoms with Gasteiger partial charge < -0.3 is 19.7 Å². The third-order valence-electron chi connectivity index (χ3n) is 3.94. The molecule has 0 saturated carbocycles. The zero-order valence-electron chi connectivity index (χ0n) is 10.7. The Hall–Kier alpha value is -1.48. The Morgan fingerprint density at radius 3 is 2.90 bits per heavy atom. The van der Waals surface area contributed by atoms with Crippen molar-refractivity contribution in [1.82, 2.24) is 9.55 Å². The highest BCUT2D eigenvalue weighted by atomic mass is 16.6. The van der Waals surface area contributed by atoms with Gasteiger partial charge in [-0.3, -0.25) is 14.3 Å². The fourth-order valence-corrected chi connectivity index (χ4v) is 2.98. The standard InChI is InChI=1S/C12H16N2O6/c15-6-7-9(17)12(3-1-5-19-12)10(20-7)14-4-2-8(16)13-11(14)18/h2,4,7,9-10,15,17H,1,3,5-6H2,(H,13,16,18)/t7?,9-,10?,12-/m1/s1. The molecule has 0 aromatic carbocycles. The zero-order chi connectivity index (χ0) is 14.3. The van der Waals surface area contributed by atoms with E-state index in [1.165, 1.54) is 16.8 Å². The Kier molecular flexibility index (Phi) is 3.25. The molecule has 8 heteroatoms. The van der Waals surface area contributed by atoms with E-state index in [0.717, 1.165) is 6.42 Å². The van der Waals surface area contributed by atoms with Crippen molar-refractivity contribution in [2.45, 2.75) is 36.9 Å². The fraction of sp³-hybridized carbons (Fsp3) is 0.667. The van der Waals surface area contributed by atoms with Crippen LogP contribution in [0, 0.1) is 0 Å². The Morgan fingerprint density at radius 2 is 2.30 bits per heavy atom. The molecule has 2 unspecified atom stereocenters. The summed E-state index contributed by atoms with van der Waals surface area (Å²) in [4.78, 5) is 25.2. The summed E-state index contributed by atoms with van der Waals surface area (Å²) < 4.78 is 12.4. The van der Waals surface area contributed by atoms with Crippen LogP contribution in [0.1, 0.15) is 19.1 Å². The summed E-state index contributed by atoms with van der Waals surface area (Å²) in [7, 11) is 0. The molecule has 2 fully saturated rings. The molecule has 1 spiro atoms. The molecule has 1 aromatic rings. The number of aliphatic hydroxyl groups excluding tert-OH is 2. The van der Waals surface area contributed by atoms with Crippen LogP contribution in [0.2, 0.25) is 0 Å². The molecule has 2 aliphatic rings. The fourth-order valence-electron chi connectivity index (χ4n) is 2.98. The van der Waals surface area contributed by atoms with Gasteiger partial charge in [-0.05, 0) is 12.8 Å². The maximum atomic E-state index is 11.9. The van der Waals surface area contributed by atoms with E-state index in [2.05, 4.69) is 4.98 Å². The first-order valence-corrected chi connectivity index (χ1v) is 6.48. The first-order valence-electron chi connectivity index (χ1n) is 6.48. The van der Waals surface area contributed by atoms with Crippen molar-refractivity contribution in [3.8, 4) is 0 Å². The Bertz CT molecular complexity index is 602. The highest BCUT2D eigenvalue weighted by molar-refractivity contribution is 5.06. The molecule has 3 N–H and O–H groups in total. The van der Waals surface area contributed by atoms with Crippen LogP contribution < -0.4 is 11.2 Å². The number of aromatic amines is 1. The molecule has 110 valence electrons. The predicted octanol–water partition coefficient (Wildman–Crippen LogP) is -1.66. The van der Waals surface area contributed by atoms with Crippen LogP contribution >= 0.6 is 0 Å². The second-order valence-corrected chi connectivity index (χ2v) is 5.08. The number of aliphatic hydroxyl groups is 2. The summed E-state index contributed by atoms with van der Waals surface area (Å²) in [6, 6.07) is 1.20. The lowest BCUT2D eigenvalue weighted by Gasteiger charge is -2.31. The van der Waals surface area contributed by atoms with Crippen LogP contribution in [0.4, 0.5) is 0 Å². The largest absolute Gasteiger partial charge is 0.394 e. The summed E-state index contributed by atoms with van der Waals surface area (Å²) in [6.07, 6.45) is -0.173. The maximum Gasteiger partial charge on any atom is 0.330 e. The zero-order valence-corrected chi connectivity index (χ0v) is 10.7. The minimum absolute atomic E-state index is 0.374. The van der Waals surface area contributed by atoms with Gasteiger partial charge in [-0.15, -0.1) is 0 Å². The van der Waals surface area contributed by atoms with Gasteiger partial charge in [0, 0.05) is 18.9 Å². The molecular formula is C12H16N2O6. The number of aromatic nitrogens is 2. The Morgan fingerprint density at radius 1 is 1.50 bits per heavy atom. The minimum Gasteiger partial charge on any atom is -0.394 e. The van der Waals surface area contributed by atoms with E-state index < -0.39 is 35.3 Å². The number of rotatable bonds is 2. The molecule has 4 atom stereocenters. The monoisotopic (exact) mass is 284 g/mol. The van der Waals surface area contributed by atoms with E-state index in [1.54, 1.807) is 0 Å². The van der Waals surface area contributed by atoms with Crippen molar-refractivity contribution in [1.29, 1.82) is 0 Å². The van der Waals surface area contributed by atoms with Gasteiger partial charge in [0.25, 0.3) is 5.56 Å². The lowest BCUT2D eigenvalue weighted by Crippen LogP contribution is -2.48. The molecule has 0 amide bonds. The number of hydrogen-bond acceptors (Lipinski definition) is 6. The van der Waals surface area contributed by atoms with Crippen LogP contribution in [0.25, 0.3) is 0 Å². The highest BCUT2D eigenvalue weighted by Crippen LogP contribution is 2.46. The van der Waals surface area contributed by atoms with Gasteiger partial charge in [0.05, 0.1) is 6.61 Å². The lowest BCUT2D eigenvalue weighted by atomic mass is 9.91. The molecule has 3 rings (SSSR count). The quantitative estimate of drug-likeness (QED) is 0.599. The van der Waals surface area contributed by atoms with E-state index in [4.69, 9.17) is 9.47 Å². The van der Waals surface area contributed by atoms with Gasteiger partial charge in [-0.1, -0.05) is 0 Å². The van der Waals surface area contributed by atoms with Gasteiger partial charge in [-0.25, -0.2) is 4.79 Å². The smallest absolute Gasteiger partial charge is 0.330 e. The third-order valence-corrected chi connectivity index (χ3v) is 3.94.